The van der Waals surface area contributed by atoms with E-state index in [0.29, 0.717) is 5.92 Å². The zero-order valence-corrected chi connectivity index (χ0v) is 13.5. The summed E-state index contributed by atoms with van der Waals surface area (Å²) < 4.78 is 6.46. The van der Waals surface area contributed by atoms with Gasteiger partial charge in [0.15, 0.2) is 0 Å². The predicted octanol–water partition coefficient (Wildman–Crippen LogP) is 2.66. The van der Waals surface area contributed by atoms with E-state index in [1.54, 1.807) is 6.33 Å². The monoisotopic (exact) mass is 294 g/mol. The van der Waals surface area contributed by atoms with E-state index in [1.165, 1.54) is 11.5 Å². The summed E-state index contributed by atoms with van der Waals surface area (Å²) in [5.74, 6) is 2.28. The lowest BCUT2D eigenvalue weighted by atomic mass is 9.96. The summed E-state index contributed by atoms with van der Waals surface area (Å²) in [6.07, 6.45) is 1.78. The van der Waals surface area contributed by atoms with E-state index in [4.69, 9.17) is 0 Å². The Kier molecular flexibility index (Phi) is 4.37. The molecule has 0 saturated carbocycles. The molecule has 0 aliphatic heterocycles. The van der Waals surface area contributed by atoms with Gasteiger partial charge in [0.25, 0.3) is 0 Å². The van der Waals surface area contributed by atoms with Gasteiger partial charge < -0.3 is 9.88 Å². The van der Waals surface area contributed by atoms with Gasteiger partial charge in [-0.15, -0.1) is 10.2 Å². The van der Waals surface area contributed by atoms with Crippen LogP contribution in [0.2, 0.25) is 0 Å². The van der Waals surface area contributed by atoms with Crippen molar-refractivity contribution in [3.8, 4) is 0 Å². The third-order valence-electron chi connectivity index (χ3n) is 2.89. The third-order valence-corrected chi connectivity index (χ3v) is 3.56. The van der Waals surface area contributed by atoms with Crippen LogP contribution >= 0.6 is 11.5 Å². The van der Waals surface area contributed by atoms with Crippen LogP contribution in [0.1, 0.15) is 52.2 Å². The molecule has 2 heterocycles. The smallest absolute Gasteiger partial charge is 0.202 e. The normalized spacial score (nSPS) is 12.1. The Morgan fingerprint density at radius 2 is 2.10 bits per heavy atom. The minimum atomic E-state index is -0.00445. The fraction of sp³-hybridized carbons (Fsp3) is 0.692. The van der Waals surface area contributed by atoms with E-state index in [2.05, 4.69) is 64.1 Å². The van der Waals surface area contributed by atoms with Gasteiger partial charge in [-0.2, -0.15) is 4.37 Å². The Labute approximate surface area is 123 Å². The van der Waals surface area contributed by atoms with Crippen LogP contribution in [0, 0.1) is 0 Å². The first-order chi connectivity index (χ1) is 9.38. The quantitative estimate of drug-likeness (QED) is 0.918. The number of nitrogens with one attached hydrogen (secondary N) is 1. The highest BCUT2D eigenvalue weighted by atomic mass is 32.1. The molecule has 0 unspecified atom stereocenters. The number of hydrogen-bond acceptors (Lipinski definition) is 6. The van der Waals surface area contributed by atoms with Gasteiger partial charge >= 0.3 is 0 Å². The standard InChI is InChI=1S/C13H22N6S/c1-9(2)10-17-15-8-19(10)7-6-14-12-16-11(18-20-12)13(3,4)5/h8-9H,6-7H2,1-5H3,(H,14,16,18). The van der Waals surface area contributed by atoms with Crippen molar-refractivity contribution < 1.29 is 0 Å². The van der Waals surface area contributed by atoms with E-state index < -0.39 is 0 Å². The first-order valence-electron chi connectivity index (χ1n) is 6.83. The Morgan fingerprint density at radius 1 is 1.35 bits per heavy atom. The molecule has 0 aliphatic carbocycles. The van der Waals surface area contributed by atoms with Crippen molar-refractivity contribution in [1.29, 1.82) is 0 Å². The van der Waals surface area contributed by atoms with E-state index >= 15 is 0 Å². The van der Waals surface area contributed by atoms with Crippen LogP contribution in [-0.4, -0.2) is 30.7 Å². The number of anilines is 1. The van der Waals surface area contributed by atoms with Crippen molar-refractivity contribution in [3.05, 3.63) is 18.0 Å². The molecule has 0 radical (unpaired) electrons. The van der Waals surface area contributed by atoms with Crippen LogP contribution < -0.4 is 5.32 Å². The molecule has 2 rings (SSSR count). The van der Waals surface area contributed by atoms with Gasteiger partial charge in [0.05, 0.1) is 0 Å². The second kappa shape index (κ2) is 5.87. The largest absolute Gasteiger partial charge is 0.358 e. The number of aromatic nitrogens is 5. The van der Waals surface area contributed by atoms with Crippen molar-refractivity contribution in [2.75, 3.05) is 11.9 Å². The summed E-state index contributed by atoms with van der Waals surface area (Å²) in [4.78, 5) is 4.51. The molecular weight excluding hydrogens is 272 g/mol. The van der Waals surface area contributed by atoms with Crippen molar-refractivity contribution in [2.24, 2.45) is 0 Å². The molecule has 7 heteroatoms. The molecule has 6 nitrogen and oxygen atoms in total. The predicted molar refractivity (Wildman–Crippen MR) is 81.2 cm³/mol. The van der Waals surface area contributed by atoms with Gasteiger partial charge in [-0.3, -0.25) is 0 Å². The van der Waals surface area contributed by atoms with E-state index in [0.717, 1.165) is 29.9 Å². The van der Waals surface area contributed by atoms with E-state index in [-0.39, 0.29) is 5.41 Å². The van der Waals surface area contributed by atoms with Gasteiger partial charge in [0, 0.05) is 36.0 Å². The second-order valence-corrected chi connectivity index (χ2v) is 6.89. The van der Waals surface area contributed by atoms with Crippen molar-refractivity contribution in [2.45, 2.75) is 52.5 Å². The fourth-order valence-corrected chi connectivity index (χ4v) is 2.55. The van der Waals surface area contributed by atoms with Gasteiger partial charge in [-0.05, 0) is 0 Å². The lowest BCUT2D eigenvalue weighted by molar-refractivity contribution is 0.555. The van der Waals surface area contributed by atoms with E-state index in [1.807, 2.05) is 0 Å². The maximum atomic E-state index is 4.51. The first kappa shape index (κ1) is 14.9. The molecule has 2 aromatic rings. The number of hydrogen-bond donors (Lipinski definition) is 1. The summed E-state index contributed by atoms with van der Waals surface area (Å²) in [5, 5.41) is 12.3. The summed E-state index contributed by atoms with van der Waals surface area (Å²) in [5.41, 5.74) is -0.00445. The van der Waals surface area contributed by atoms with Gasteiger partial charge in [-0.1, -0.05) is 34.6 Å². The highest BCUT2D eigenvalue weighted by molar-refractivity contribution is 7.09. The van der Waals surface area contributed by atoms with Crippen LogP contribution in [0.25, 0.3) is 0 Å². The van der Waals surface area contributed by atoms with Crippen LogP contribution in [0.5, 0.6) is 0 Å². The van der Waals surface area contributed by atoms with Crippen LogP contribution in [0.3, 0.4) is 0 Å². The Balaban J connectivity index is 1.90. The molecule has 0 aromatic carbocycles. The summed E-state index contributed by atoms with van der Waals surface area (Å²) in [7, 11) is 0. The van der Waals surface area contributed by atoms with Gasteiger partial charge in [-0.25, -0.2) is 4.98 Å². The van der Waals surface area contributed by atoms with Crippen molar-refractivity contribution in [1.82, 2.24) is 24.1 Å². The van der Waals surface area contributed by atoms with Gasteiger partial charge in [0.1, 0.15) is 18.0 Å². The molecule has 2 aromatic heterocycles. The van der Waals surface area contributed by atoms with Gasteiger partial charge in [0.2, 0.25) is 5.13 Å². The Morgan fingerprint density at radius 3 is 2.70 bits per heavy atom. The Bertz CT molecular complexity index is 551. The Hall–Kier alpha value is -1.50. The van der Waals surface area contributed by atoms with Crippen molar-refractivity contribution in [3.63, 3.8) is 0 Å². The minimum Gasteiger partial charge on any atom is -0.358 e. The molecule has 0 atom stereocenters. The van der Waals surface area contributed by atoms with Crippen molar-refractivity contribution >= 4 is 16.7 Å². The zero-order chi connectivity index (χ0) is 14.8. The molecule has 110 valence electrons. The number of nitrogens with zero attached hydrogens (tertiary/aromatic N) is 5. The topological polar surface area (TPSA) is 68.5 Å². The summed E-state index contributed by atoms with van der Waals surface area (Å²) in [6, 6.07) is 0. The number of rotatable bonds is 5. The zero-order valence-electron chi connectivity index (χ0n) is 12.7. The second-order valence-electron chi connectivity index (χ2n) is 6.14. The lowest BCUT2D eigenvalue weighted by Gasteiger charge is -2.12. The molecule has 0 amide bonds. The maximum Gasteiger partial charge on any atom is 0.202 e. The third kappa shape index (κ3) is 3.53. The average Bonchev–Trinajstić information content (AvgIpc) is 2.96. The summed E-state index contributed by atoms with van der Waals surface area (Å²) in [6.45, 7) is 12.2. The summed E-state index contributed by atoms with van der Waals surface area (Å²) >= 11 is 1.41. The van der Waals surface area contributed by atoms with Crippen LogP contribution in [0.15, 0.2) is 6.33 Å². The molecule has 0 saturated heterocycles. The average molecular weight is 294 g/mol. The molecule has 1 N–H and O–H groups in total. The fourth-order valence-electron chi connectivity index (χ4n) is 1.77. The van der Waals surface area contributed by atoms with Crippen LogP contribution in [-0.2, 0) is 12.0 Å². The molecule has 0 aliphatic rings. The molecule has 20 heavy (non-hydrogen) atoms. The molecular formula is C13H22N6S. The minimum absolute atomic E-state index is 0.00445. The first-order valence-corrected chi connectivity index (χ1v) is 7.61. The maximum absolute atomic E-state index is 4.51. The van der Waals surface area contributed by atoms with E-state index in [9.17, 15) is 0 Å². The molecule has 0 spiro atoms. The lowest BCUT2D eigenvalue weighted by Crippen LogP contribution is -2.15. The SMILES string of the molecule is CC(C)c1nncn1CCNc1nc(C(C)(C)C)ns1. The van der Waals surface area contributed by atoms with Crippen LogP contribution in [0.4, 0.5) is 5.13 Å². The molecule has 0 bridgehead atoms. The molecule has 0 fully saturated rings. The highest BCUT2D eigenvalue weighted by Crippen LogP contribution is 2.22. The highest BCUT2D eigenvalue weighted by Gasteiger charge is 2.19.